The first-order valence-electron chi connectivity index (χ1n) is 5.91. The van der Waals surface area contributed by atoms with Crippen LogP contribution in [-0.4, -0.2) is 38.9 Å². The van der Waals surface area contributed by atoms with Gasteiger partial charge in [-0.25, -0.2) is 4.98 Å². The Morgan fingerprint density at radius 1 is 1.44 bits per heavy atom. The molecule has 2 aromatic rings. The number of morpholine rings is 1. The molecule has 1 N–H and O–H groups in total. The van der Waals surface area contributed by atoms with Gasteiger partial charge in [0.15, 0.2) is 5.82 Å². The van der Waals surface area contributed by atoms with Crippen molar-refractivity contribution in [1.29, 1.82) is 0 Å². The van der Waals surface area contributed by atoms with Crippen molar-refractivity contribution in [2.75, 3.05) is 13.1 Å². The van der Waals surface area contributed by atoms with Gasteiger partial charge in [-0.05, 0) is 6.92 Å². The van der Waals surface area contributed by atoms with Crippen molar-refractivity contribution in [3.63, 3.8) is 0 Å². The zero-order valence-corrected chi connectivity index (χ0v) is 10.3. The van der Waals surface area contributed by atoms with Gasteiger partial charge in [-0.3, -0.25) is 0 Å². The van der Waals surface area contributed by atoms with Gasteiger partial charge in [-0.1, -0.05) is 5.16 Å². The maximum atomic E-state index is 5.75. The van der Waals surface area contributed by atoms with E-state index in [1.54, 1.807) is 6.20 Å². The van der Waals surface area contributed by atoms with Crippen molar-refractivity contribution >= 4 is 0 Å². The molecule has 0 bridgehead atoms. The van der Waals surface area contributed by atoms with E-state index < -0.39 is 0 Å². The fourth-order valence-corrected chi connectivity index (χ4v) is 1.98. The molecule has 1 aliphatic heterocycles. The fourth-order valence-electron chi connectivity index (χ4n) is 1.98. The van der Waals surface area contributed by atoms with Crippen LogP contribution in [-0.2, 0) is 11.8 Å². The highest BCUT2D eigenvalue weighted by molar-refractivity contribution is 5.42. The van der Waals surface area contributed by atoms with Crippen LogP contribution in [0.5, 0.6) is 0 Å². The Morgan fingerprint density at radius 3 is 3.06 bits per heavy atom. The maximum absolute atomic E-state index is 5.75. The molecule has 1 saturated heterocycles. The Balaban J connectivity index is 1.83. The number of rotatable bonds is 2. The molecule has 96 valence electrons. The van der Waals surface area contributed by atoms with E-state index in [1.807, 2.05) is 24.7 Å². The Morgan fingerprint density at radius 2 is 2.33 bits per heavy atom. The Hall–Kier alpha value is -1.73. The highest BCUT2D eigenvalue weighted by atomic mass is 16.5. The number of aromatic nitrogens is 4. The zero-order valence-electron chi connectivity index (χ0n) is 10.3. The summed E-state index contributed by atoms with van der Waals surface area (Å²) in [5.41, 5.74) is 0. The van der Waals surface area contributed by atoms with Crippen molar-refractivity contribution in [2.45, 2.75) is 19.1 Å². The van der Waals surface area contributed by atoms with E-state index in [1.165, 1.54) is 0 Å². The average Bonchev–Trinajstić information content (AvgIpc) is 2.97. The molecule has 7 nitrogen and oxygen atoms in total. The fraction of sp³-hybridized carbons (Fsp3) is 0.545. The minimum Gasteiger partial charge on any atom is -0.363 e. The Kier molecular flexibility index (Phi) is 2.85. The van der Waals surface area contributed by atoms with Crippen molar-refractivity contribution < 1.29 is 9.26 Å². The van der Waals surface area contributed by atoms with Crippen molar-refractivity contribution in [3.05, 3.63) is 18.3 Å². The van der Waals surface area contributed by atoms with Gasteiger partial charge in [-0.15, -0.1) is 0 Å². The monoisotopic (exact) mass is 249 g/mol. The molecule has 7 heteroatoms. The summed E-state index contributed by atoms with van der Waals surface area (Å²) >= 11 is 0. The number of hydrogen-bond donors (Lipinski definition) is 1. The summed E-state index contributed by atoms with van der Waals surface area (Å²) in [6.07, 6.45) is 3.50. The van der Waals surface area contributed by atoms with Gasteiger partial charge in [-0.2, -0.15) is 4.98 Å². The number of nitrogens with zero attached hydrogens (tertiary/aromatic N) is 4. The molecule has 0 aromatic carbocycles. The van der Waals surface area contributed by atoms with Crippen LogP contribution in [0.2, 0.25) is 0 Å². The van der Waals surface area contributed by atoms with Crippen LogP contribution in [0.3, 0.4) is 0 Å². The molecule has 18 heavy (non-hydrogen) atoms. The van der Waals surface area contributed by atoms with Gasteiger partial charge < -0.3 is 19.1 Å². The lowest BCUT2D eigenvalue weighted by molar-refractivity contribution is -0.0438. The van der Waals surface area contributed by atoms with E-state index >= 15 is 0 Å². The third kappa shape index (κ3) is 2.02. The largest absolute Gasteiger partial charge is 0.363 e. The number of nitrogens with one attached hydrogen (secondary N) is 1. The molecule has 0 aliphatic carbocycles. The molecular formula is C11H15N5O2. The summed E-state index contributed by atoms with van der Waals surface area (Å²) in [6.45, 7) is 3.54. The van der Waals surface area contributed by atoms with Crippen LogP contribution in [0.4, 0.5) is 0 Å². The van der Waals surface area contributed by atoms with Crippen molar-refractivity contribution in [2.24, 2.45) is 7.05 Å². The highest BCUT2D eigenvalue weighted by Gasteiger charge is 2.26. The topological polar surface area (TPSA) is 78.0 Å². The van der Waals surface area contributed by atoms with Crippen LogP contribution in [0.25, 0.3) is 11.6 Å². The molecule has 2 aromatic heterocycles. The summed E-state index contributed by atoms with van der Waals surface area (Å²) in [4.78, 5) is 8.53. The van der Waals surface area contributed by atoms with E-state index in [4.69, 9.17) is 9.26 Å². The maximum Gasteiger partial charge on any atom is 0.257 e. The van der Waals surface area contributed by atoms with E-state index in [0.29, 0.717) is 24.1 Å². The summed E-state index contributed by atoms with van der Waals surface area (Å²) in [7, 11) is 1.89. The van der Waals surface area contributed by atoms with Crippen molar-refractivity contribution in [1.82, 2.24) is 25.0 Å². The normalized spacial score (nSPS) is 24.3. The third-order valence-corrected chi connectivity index (χ3v) is 2.90. The van der Waals surface area contributed by atoms with E-state index in [0.717, 1.165) is 6.54 Å². The molecule has 0 radical (unpaired) electrons. The van der Waals surface area contributed by atoms with Crippen molar-refractivity contribution in [3.8, 4) is 11.6 Å². The first kappa shape index (κ1) is 11.4. The quantitative estimate of drug-likeness (QED) is 0.836. The molecule has 0 saturated carbocycles. The van der Waals surface area contributed by atoms with Gasteiger partial charge in [0.1, 0.15) is 6.10 Å². The van der Waals surface area contributed by atoms with Crippen LogP contribution in [0.15, 0.2) is 16.9 Å². The van der Waals surface area contributed by atoms with Gasteiger partial charge >= 0.3 is 0 Å². The molecule has 3 heterocycles. The lowest BCUT2D eigenvalue weighted by Crippen LogP contribution is -2.39. The summed E-state index contributed by atoms with van der Waals surface area (Å²) in [5.74, 6) is 1.66. The second kappa shape index (κ2) is 4.51. The Bertz CT molecular complexity index is 535. The Labute approximate surface area is 104 Å². The van der Waals surface area contributed by atoms with Gasteiger partial charge in [0, 0.05) is 32.5 Å². The number of aryl methyl sites for hydroxylation is 1. The second-order valence-corrected chi connectivity index (χ2v) is 4.41. The predicted molar refractivity (Wildman–Crippen MR) is 62.7 cm³/mol. The first-order chi connectivity index (χ1) is 8.74. The smallest absolute Gasteiger partial charge is 0.257 e. The average molecular weight is 249 g/mol. The van der Waals surface area contributed by atoms with E-state index in [-0.39, 0.29) is 12.2 Å². The molecule has 0 amide bonds. The SMILES string of the molecule is C[C@@H]1CNC[C@H](c2nc(-c3nccn3C)no2)O1. The van der Waals surface area contributed by atoms with Crippen LogP contribution < -0.4 is 5.32 Å². The van der Waals surface area contributed by atoms with Gasteiger partial charge in [0.05, 0.1) is 6.10 Å². The minimum absolute atomic E-state index is 0.146. The molecule has 0 unspecified atom stereocenters. The predicted octanol–water partition coefficient (Wildman–Crippen LogP) is 0.519. The number of ether oxygens (including phenoxy) is 1. The number of hydrogen-bond acceptors (Lipinski definition) is 6. The molecule has 0 spiro atoms. The van der Waals surface area contributed by atoms with Gasteiger partial charge in [0.25, 0.3) is 5.89 Å². The lowest BCUT2D eigenvalue weighted by Gasteiger charge is -2.25. The first-order valence-corrected chi connectivity index (χ1v) is 5.91. The number of imidazole rings is 1. The zero-order chi connectivity index (χ0) is 12.5. The molecule has 1 fully saturated rings. The van der Waals surface area contributed by atoms with E-state index in [2.05, 4.69) is 20.4 Å². The van der Waals surface area contributed by atoms with E-state index in [9.17, 15) is 0 Å². The second-order valence-electron chi connectivity index (χ2n) is 4.41. The highest BCUT2D eigenvalue weighted by Crippen LogP contribution is 2.22. The summed E-state index contributed by atoms with van der Waals surface area (Å²) in [6, 6.07) is 0. The standard InChI is InChI=1S/C11H15N5O2/c1-7-5-12-6-8(17-7)11-14-9(15-18-11)10-13-3-4-16(10)2/h3-4,7-8,12H,5-6H2,1-2H3/t7-,8-/m1/s1. The van der Waals surface area contributed by atoms with Crippen LogP contribution in [0, 0.1) is 0 Å². The third-order valence-electron chi connectivity index (χ3n) is 2.90. The minimum atomic E-state index is -0.185. The van der Waals surface area contributed by atoms with Crippen LogP contribution in [0.1, 0.15) is 18.9 Å². The summed E-state index contributed by atoms with van der Waals surface area (Å²) < 4.78 is 12.8. The molecule has 3 rings (SSSR count). The van der Waals surface area contributed by atoms with Gasteiger partial charge in [0.2, 0.25) is 5.82 Å². The summed E-state index contributed by atoms with van der Waals surface area (Å²) in [5, 5.41) is 7.21. The lowest BCUT2D eigenvalue weighted by atomic mass is 10.2. The van der Waals surface area contributed by atoms with Crippen LogP contribution >= 0.6 is 0 Å². The molecule has 2 atom stereocenters. The molecule has 1 aliphatic rings. The molecular weight excluding hydrogens is 234 g/mol.